The molecule has 1 unspecified atom stereocenters. The van der Waals surface area contributed by atoms with E-state index in [9.17, 15) is 4.79 Å². The Morgan fingerprint density at radius 1 is 0.880 bits per heavy atom. The predicted molar refractivity (Wildman–Crippen MR) is 111 cm³/mol. The molecular weight excluding hydrogens is 328 g/mol. The molecule has 4 heteroatoms. The Hall–Kier alpha value is -0.613. The molecule has 0 bridgehead atoms. The Kier molecular flexibility index (Phi) is 15.2. The lowest BCUT2D eigenvalue weighted by Crippen LogP contribution is -2.45. The normalized spacial score (nSPS) is 14.2. The van der Waals surface area contributed by atoms with Gasteiger partial charge in [0.15, 0.2) is 14.6 Å². The first-order chi connectivity index (χ1) is 12.0. The van der Waals surface area contributed by atoms with Crippen LogP contribution in [-0.4, -0.2) is 27.2 Å². The highest BCUT2D eigenvalue weighted by atomic mass is 28.3. The van der Waals surface area contributed by atoms with E-state index >= 15 is 0 Å². The fourth-order valence-corrected chi connectivity index (χ4v) is 4.32. The summed E-state index contributed by atoms with van der Waals surface area (Å²) < 4.78 is 11.6. The summed E-state index contributed by atoms with van der Waals surface area (Å²) in [6.07, 6.45) is 16.7. The maximum absolute atomic E-state index is 12.6. The summed E-state index contributed by atoms with van der Waals surface area (Å²) in [5.74, 6) is -0.155. The number of ether oxygens (including phenoxy) is 1. The molecule has 0 saturated heterocycles. The largest absolute Gasteiger partial charge is 0.464 e. The molecule has 0 heterocycles. The average molecular weight is 371 g/mol. The maximum Gasteiger partial charge on any atom is 0.337 e. The fraction of sp³-hybridized carbons (Fsp3) is 0.857. The lowest BCUT2D eigenvalue weighted by atomic mass is 9.91. The Morgan fingerprint density at radius 3 is 2.12 bits per heavy atom. The zero-order valence-corrected chi connectivity index (χ0v) is 18.6. The number of allylic oxidation sites excluding steroid dienone is 2. The third-order valence-electron chi connectivity index (χ3n) is 4.40. The summed E-state index contributed by atoms with van der Waals surface area (Å²) in [5, 5.41) is 0. The van der Waals surface area contributed by atoms with Gasteiger partial charge < -0.3 is 9.16 Å². The van der Waals surface area contributed by atoms with Crippen molar-refractivity contribution >= 4 is 15.0 Å². The number of esters is 1. The van der Waals surface area contributed by atoms with Crippen LogP contribution < -0.4 is 0 Å². The molecule has 148 valence electrons. The first-order valence-corrected chi connectivity index (χ1v) is 13.3. The van der Waals surface area contributed by atoms with Gasteiger partial charge in [-0.1, -0.05) is 64.5 Å². The van der Waals surface area contributed by atoms with Crippen molar-refractivity contribution in [2.24, 2.45) is 0 Å². The fourth-order valence-electron chi connectivity index (χ4n) is 3.09. The first kappa shape index (κ1) is 24.4. The van der Waals surface area contributed by atoms with Crippen LogP contribution in [-0.2, 0) is 14.0 Å². The van der Waals surface area contributed by atoms with E-state index in [2.05, 4.69) is 39.1 Å². The van der Waals surface area contributed by atoms with Crippen LogP contribution >= 0.6 is 0 Å². The highest BCUT2D eigenvalue weighted by Crippen LogP contribution is 2.28. The van der Waals surface area contributed by atoms with Crippen molar-refractivity contribution < 1.29 is 14.0 Å². The Balaban J connectivity index is 4.56. The molecule has 0 aliphatic rings. The average Bonchev–Trinajstić information content (AvgIpc) is 2.57. The predicted octanol–water partition coefficient (Wildman–Crippen LogP) is 6.18. The van der Waals surface area contributed by atoms with Gasteiger partial charge in [0.25, 0.3) is 0 Å². The zero-order chi connectivity index (χ0) is 19.0. The number of unbranched alkanes of at least 4 members (excludes halogenated alkanes) is 6. The van der Waals surface area contributed by atoms with E-state index in [1.54, 1.807) is 0 Å². The van der Waals surface area contributed by atoms with Crippen LogP contribution in [0.2, 0.25) is 13.1 Å². The van der Waals surface area contributed by atoms with Gasteiger partial charge in [0, 0.05) is 0 Å². The van der Waals surface area contributed by atoms with Gasteiger partial charge in [0.2, 0.25) is 0 Å². The third kappa shape index (κ3) is 11.6. The molecule has 3 nitrogen and oxygen atoms in total. The van der Waals surface area contributed by atoms with E-state index in [1.807, 2.05) is 6.92 Å². The van der Waals surface area contributed by atoms with Gasteiger partial charge in [-0.3, -0.25) is 0 Å². The van der Waals surface area contributed by atoms with E-state index < -0.39 is 14.6 Å². The Morgan fingerprint density at radius 2 is 1.52 bits per heavy atom. The second kappa shape index (κ2) is 15.6. The molecule has 0 amide bonds. The minimum absolute atomic E-state index is 0.155. The van der Waals surface area contributed by atoms with Crippen LogP contribution in [0.1, 0.15) is 91.4 Å². The van der Waals surface area contributed by atoms with Gasteiger partial charge in [0.1, 0.15) is 0 Å². The number of rotatable bonds is 16. The summed E-state index contributed by atoms with van der Waals surface area (Å²) in [6.45, 7) is 11.0. The van der Waals surface area contributed by atoms with Gasteiger partial charge in [-0.05, 0) is 52.1 Å². The number of carbonyl (C=O) groups excluding carboxylic acids is 1. The molecule has 0 N–H and O–H groups in total. The molecule has 0 aliphatic heterocycles. The van der Waals surface area contributed by atoms with E-state index in [-0.39, 0.29) is 5.97 Å². The number of hydrogen-bond acceptors (Lipinski definition) is 3. The molecule has 0 radical (unpaired) electrons. The van der Waals surface area contributed by atoms with Crippen LogP contribution in [0.5, 0.6) is 0 Å². The summed E-state index contributed by atoms with van der Waals surface area (Å²) in [7, 11) is -1.33. The SMILES string of the molecule is CCCCCCCC=CCCC(CCCC)(O[SiH](C)C)C(=O)OCC. The Labute approximate surface area is 158 Å². The van der Waals surface area contributed by atoms with Crippen molar-refractivity contribution in [3.8, 4) is 0 Å². The second-order valence-electron chi connectivity index (χ2n) is 7.20. The van der Waals surface area contributed by atoms with Crippen LogP contribution in [0.3, 0.4) is 0 Å². The molecule has 0 aromatic carbocycles. The van der Waals surface area contributed by atoms with Crippen molar-refractivity contribution in [2.45, 2.75) is 110 Å². The highest BCUT2D eigenvalue weighted by Gasteiger charge is 2.40. The second-order valence-corrected chi connectivity index (χ2v) is 9.53. The molecule has 25 heavy (non-hydrogen) atoms. The molecule has 0 aliphatic carbocycles. The molecule has 0 fully saturated rings. The van der Waals surface area contributed by atoms with Crippen molar-refractivity contribution in [1.82, 2.24) is 0 Å². The molecule has 0 saturated carbocycles. The lowest BCUT2D eigenvalue weighted by Gasteiger charge is -2.33. The Bertz CT molecular complexity index is 355. The van der Waals surface area contributed by atoms with Gasteiger partial charge in [-0.25, -0.2) is 4.79 Å². The number of hydrogen-bond donors (Lipinski definition) is 0. The summed E-state index contributed by atoms with van der Waals surface area (Å²) in [4.78, 5) is 12.6. The minimum atomic E-state index is -1.33. The molecule has 0 aromatic rings. The first-order valence-electron chi connectivity index (χ1n) is 10.5. The maximum atomic E-state index is 12.6. The van der Waals surface area contributed by atoms with E-state index in [1.165, 1.54) is 32.1 Å². The topological polar surface area (TPSA) is 35.5 Å². The quantitative estimate of drug-likeness (QED) is 0.141. The molecular formula is C21H42O3Si. The monoisotopic (exact) mass is 370 g/mol. The van der Waals surface area contributed by atoms with E-state index in [4.69, 9.17) is 9.16 Å². The van der Waals surface area contributed by atoms with Crippen molar-refractivity contribution in [2.75, 3.05) is 6.61 Å². The van der Waals surface area contributed by atoms with Crippen molar-refractivity contribution in [3.05, 3.63) is 12.2 Å². The lowest BCUT2D eigenvalue weighted by molar-refractivity contribution is -0.163. The third-order valence-corrected chi connectivity index (χ3v) is 5.32. The molecule has 0 spiro atoms. The molecule has 1 atom stereocenters. The van der Waals surface area contributed by atoms with Crippen LogP contribution in [0, 0.1) is 0 Å². The standard InChI is InChI=1S/C21H42O3Si/c1-6-9-11-12-13-14-15-16-17-19-21(18-10-7-2,24-25(4)5)20(22)23-8-3/h15-16,25H,6-14,17-19H2,1-5H3. The zero-order valence-electron chi connectivity index (χ0n) is 17.4. The van der Waals surface area contributed by atoms with Crippen molar-refractivity contribution in [3.63, 3.8) is 0 Å². The van der Waals surface area contributed by atoms with E-state index in [0.717, 1.165) is 38.5 Å². The summed E-state index contributed by atoms with van der Waals surface area (Å²) >= 11 is 0. The van der Waals surface area contributed by atoms with Crippen LogP contribution in [0.25, 0.3) is 0 Å². The highest BCUT2D eigenvalue weighted by molar-refractivity contribution is 6.48. The van der Waals surface area contributed by atoms with E-state index in [0.29, 0.717) is 6.61 Å². The minimum Gasteiger partial charge on any atom is -0.464 e. The van der Waals surface area contributed by atoms with Crippen LogP contribution in [0.15, 0.2) is 12.2 Å². The molecule has 0 aromatic heterocycles. The summed E-state index contributed by atoms with van der Waals surface area (Å²) in [5.41, 5.74) is -0.724. The van der Waals surface area contributed by atoms with Crippen molar-refractivity contribution in [1.29, 1.82) is 0 Å². The van der Waals surface area contributed by atoms with Gasteiger partial charge in [0.05, 0.1) is 6.61 Å². The molecule has 0 rings (SSSR count). The van der Waals surface area contributed by atoms with Gasteiger partial charge in [-0.15, -0.1) is 0 Å². The number of carbonyl (C=O) groups is 1. The van der Waals surface area contributed by atoms with Gasteiger partial charge in [-0.2, -0.15) is 0 Å². The van der Waals surface area contributed by atoms with Gasteiger partial charge >= 0.3 is 5.97 Å². The smallest absolute Gasteiger partial charge is 0.337 e. The summed E-state index contributed by atoms with van der Waals surface area (Å²) in [6, 6.07) is 0. The van der Waals surface area contributed by atoms with Crippen LogP contribution in [0.4, 0.5) is 0 Å².